The molecule has 1 unspecified atom stereocenters. The van der Waals surface area contributed by atoms with Gasteiger partial charge in [0, 0.05) is 11.6 Å². The van der Waals surface area contributed by atoms with Gasteiger partial charge in [-0.05, 0) is 132 Å². The fourth-order valence-electron chi connectivity index (χ4n) is 6.64. The maximum absolute atomic E-state index is 6.19. The molecule has 5 nitrogen and oxygen atoms in total. The highest BCUT2D eigenvalue weighted by Gasteiger charge is 2.31. The van der Waals surface area contributed by atoms with Gasteiger partial charge in [0.1, 0.15) is 18.5 Å². The predicted octanol–water partition coefficient (Wildman–Crippen LogP) is 7.07. The van der Waals surface area contributed by atoms with E-state index >= 15 is 0 Å². The third-order valence-corrected chi connectivity index (χ3v) is 9.06. The smallest absolute Gasteiger partial charge is 0.134 e. The van der Waals surface area contributed by atoms with Crippen molar-refractivity contribution in [3.8, 4) is 5.75 Å². The number of rotatable bonds is 13. The second-order valence-corrected chi connectivity index (χ2v) is 12.0. The highest BCUT2D eigenvalue weighted by Crippen LogP contribution is 2.39. The number of allylic oxidation sites excluding steroid dienone is 1. The van der Waals surface area contributed by atoms with Gasteiger partial charge in [-0.1, -0.05) is 36.2 Å². The molecule has 5 rings (SSSR count). The number of nitrogens with one attached hydrogen (secondary N) is 1. The molecule has 2 fully saturated rings. The number of likely N-dealkylation sites (tertiary alicyclic amines) is 2. The Morgan fingerprint density at radius 1 is 0.897 bits per heavy atom. The van der Waals surface area contributed by atoms with Crippen LogP contribution in [-0.2, 0) is 6.42 Å². The summed E-state index contributed by atoms with van der Waals surface area (Å²) in [7, 11) is 0. The van der Waals surface area contributed by atoms with E-state index in [1.165, 1.54) is 108 Å². The van der Waals surface area contributed by atoms with Crippen molar-refractivity contribution in [2.75, 3.05) is 62.6 Å². The van der Waals surface area contributed by atoms with E-state index in [0.29, 0.717) is 6.61 Å². The molecule has 0 saturated carbocycles. The minimum Gasteiger partial charge on any atom is -0.489 e. The molecule has 0 radical (unpaired) electrons. The number of benzene rings is 2. The van der Waals surface area contributed by atoms with Crippen LogP contribution >= 0.6 is 11.6 Å². The minimum absolute atomic E-state index is 0.114. The molecule has 3 aliphatic rings. The van der Waals surface area contributed by atoms with Crippen molar-refractivity contribution in [3.63, 3.8) is 0 Å². The zero-order valence-corrected chi connectivity index (χ0v) is 24.4. The number of ether oxygens (including phenoxy) is 1. The molecule has 0 aromatic heterocycles. The third-order valence-electron chi connectivity index (χ3n) is 8.81. The van der Waals surface area contributed by atoms with Crippen LogP contribution in [0, 0.1) is 5.92 Å². The summed E-state index contributed by atoms with van der Waals surface area (Å²) in [5, 5.41) is 4.46. The lowest BCUT2D eigenvalue weighted by molar-refractivity contribution is 0.160. The molecule has 2 aromatic rings. The first-order valence-electron chi connectivity index (χ1n) is 15.3. The summed E-state index contributed by atoms with van der Waals surface area (Å²) in [6.45, 7) is 13.4. The average Bonchev–Trinajstić information content (AvgIpc) is 3.32. The summed E-state index contributed by atoms with van der Waals surface area (Å²) in [6.07, 6.45) is 13.8. The van der Waals surface area contributed by atoms with Crippen LogP contribution in [-0.4, -0.2) is 68.4 Å². The van der Waals surface area contributed by atoms with Crippen molar-refractivity contribution in [2.45, 2.75) is 64.0 Å². The summed E-state index contributed by atoms with van der Waals surface area (Å²) in [4.78, 5) is 7.93. The standard InChI is InChI=1S/C33H47ClN4O/c1-2-9-28-11-6-12-31-33(28)38(32(35-31)26-39-30-15-13-29(34)14-16-30)23-7-10-27-17-24-37(25-18-27)22-8-21-36-19-4-3-5-20-36/h2,6,11-16,27,32,35H,1,3-5,7-10,17-26H2. The second-order valence-electron chi connectivity index (χ2n) is 11.6. The molecule has 0 aliphatic carbocycles. The molecule has 39 heavy (non-hydrogen) atoms. The van der Waals surface area contributed by atoms with Gasteiger partial charge in [0.25, 0.3) is 0 Å². The molecule has 212 valence electrons. The molecular weight excluding hydrogens is 504 g/mol. The fraction of sp³-hybridized carbons (Fsp3) is 0.576. The maximum atomic E-state index is 6.19. The summed E-state index contributed by atoms with van der Waals surface area (Å²) in [5.41, 5.74) is 3.87. The average molecular weight is 551 g/mol. The summed E-state index contributed by atoms with van der Waals surface area (Å²) >= 11 is 6.06. The zero-order chi connectivity index (χ0) is 26.9. The Hall–Kier alpha value is -2.21. The van der Waals surface area contributed by atoms with Crippen molar-refractivity contribution in [3.05, 3.63) is 65.7 Å². The van der Waals surface area contributed by atoms with Crippen LogP contribution in [0.2, 0.25) is 5.02 Å². The van der Waals surface area contributed by atoms with E-state index < -0.39 is 0 Å². The highest BCUT2D eigenvalue weighted by atomic mass is 35.5. The van der Waals surface area contributed by atoms with Crippen molar-refractivity contribution < 1.29 is 4.74 Å². The minimum atomic E-state index is 0.114. The topological polar surface area (TPSA) is 31.0 Å². The summed E-state index contributed by atoms with van der Waals surface area (Å²) in [6, 6.07) is 14.2. The lowest BCUT2D eigenvalue weighted by Crippen LogP contribution is -2.41. The Morgan fingerprint density at radius 3 is 2.38 bits per heavy atom. The summed E-state index contributed by atoms with van der Waals surface area (Å²) in [5.74, 6) is 1.71. The maximum Gasteiger partial charge on any atom is 0.134 e. The van der Waals surface area contributed by atoms with Crippen LogP contribution in [0.1, 0.15) is 56.9 Å². The molecule has 3 aliphatic heterocycles. The quantitative estimate of drug-likeness (QED) is 0.269. The zero-order valence-electron chi connectivity index (χ0n) is 23.6. The number of fused-ring (bicyclic) bond motifs is 1. The van der Waals surface area contributed by atoms with Gasteiger partial charge in [0.05, 0.1) is 11.4 Å². The van der Waals surface area contributed by atoms with Crippen molar-refractivity contribution >= 4 is 23.0 Å². The number of nitrogens with zero attached hydrogens (tertiary/aromatic N) is 3. The Morgan fingerprint density at radius 2 is 1.64 bits per heavy atom. The SMILES string of the molecule is C=CCc1cccc2c1N(CCCC1CCN(CCCN3CCCCC3)CC1)C(COc1ccc(Cl)cc1)N2. The molecule has 6 heteroatoms. The first kappa shape index (κ1) is 28.3. The van der Waals surface area contributed by atoms with Crippen LogP contribution in [0.3, 0.4) is 0 Å². The van der Waals surface area contributed by atoms with Gasteiger partial charge in [-0.2, -0.15) is 0 Å². The molecule has 0 bridgehead atoms. The monoisotopic (exact) mass is 550 g/mol. The number of anilines is 2. The Balaban J connectivity index is 1.10. The molecule has 0 spiro atoms. The molecule has 2 saturated heterocycles. The van der Waals surface area contributed by atoms with E-state index in [0.717, 1.165) is 29.7 Å². The van der Waals surface area contributed by atoms with Gasteiger partial charge in [-0.25, -0.2) is 0 Å². The molecular formula is C33H47ClN4O. The first-order valence-corrected chi connectivity index (χ1v) is 15.7. The van der Waals surface area contributed by atoms with E-state index in [4.69, 9.17) is 16.3 Å². The number of hydrogen-bond acceptors (Lipinski definition) is 5. The third kappa shape index (κ3) is 7.93. The van der Waals surface area contributed by atoms with Gasteiger partial charge in [-0.15, -0.1) is 6.58 Å². The first-order chi connectivity index (χ1) is 19.2. The van der Waals surface area contributed by atoms with Crippen molar-refractivity contribution in [1.29, 1.82) is 0 Å². The number of piperidine rings is 2. The van der Waals surface area contributed by atoms with E-state index in [1.54, 1.807) is 0 Å². The lowest BCUT2D eigenvalue weighted by Gasteiger charge is -2.34. The van der Waals surface area contributed by atoms with Crippen LogP contribution in [0.15, 0.2) is 55.1 Å². The Kier molecular flexibility index (Phi) is 10.5. The molecule has 2 aromatic carbocycles. The Bertz CT molecular complexity index is 1030. The van der Waals surface area contributed by atoms with Gasteiger partial charge < -0.3 is 24.8 Å². The van der Waals surface area contributed by atoms with E-state index in [1.807, 2.05) is 30.3 Å². The number of hydrogen-bond donors (Lipinski definition) is 1. The second kappa shape index (κ2) is 14.4. The van der Waals surface area contributed by atoms with Crippen LogP contribution in [0.4, 0.5) is 11.4 Å². The van der Waals surface area contributed by atoms with Crippen molar-refractivity contribution in [2.24, 2.45) is 5.92 Å². The van der Waals surface area contributed by atoms with Crippen LogP contribution in [0.25, 0.3) is 0 Å². The van der Waals surface area contributed by atoms with Gasteiger partial charge in [0.15, 0.2) is 0 Å². The summed E-state index contributed by atoms with van der Waals surface area (Å²) < 4.78 is 6.19. The molecule has 1 atom stereocenters. The van der Waals surface area contributed by atoms with Crippen LogP contribution in [0.5, 0.6) is 5.75 Å². The lowest BCUT2D eigenvalue weighted by atomic mass is 9.92. The fourth-order valence-corrected chi connectivity index (χ4v) is 6.76. The largest absolute Gasteiger partial charge is 0.489 e. The van der Waals surface area contributed by atoms with Gasteiger partial charge >= 0.3 is 0 Å². The van der Waals surface area contributed by atoms with Gasteiger partial charge in [-0.3, -0.25) is 0 Å². The van der Waals surface area contributed by atoms with Gasteiger partial charge in [0.2, 0.25) is 0 Å². The number of para-hydroxylation sites is 1. The van der Waals surface area contributed by atoms with E-state index in [9.17, 15) is 0 Å². The predicted molar refractivity (Wildman–Crippen MR) is 165 cm³/mol. The molecule has 3 heterocycles. The van der Waals surface area contributed by atoms with Crippen molar-refractivity contribution in [1.82, 2.24) is 9.80 Å². The molecule has 0 amide bonds. The highest BCUT2D eigenvalue weighted by molar-refractivity contribution is 6.30. The Labute approximate surface area is 241 Å². The number of halogens is 1. The van der Waals surface area contributed by atoms with E-state index in [-0.39, 0.29) is 6.17 Å². The molecule has 1 N–H and O–H groups in total. The van der Waals surface area contributed by atoms with E-state index in [2.05, 4.69) is 44.8 Å². The normalized spacial score (nSPS) is 20.5. The van der Waals surface area contributed by atoms with Crippen LogP contribution < -0.4 is 15.0 Å².